The Hall–Kier alpha value is -2.62. The predicted molar refractivity (Wildman–Crippen MR) is 94.9 cm³/mol. The number of carbonyl (C=O) groups excluding carboxylic acids is 2. The van der Waals surface area contributed by atoms with Crippen LogP contribution in [0.15, 0.2) is 48.5 Å². The third-order valence-corrected chi connectivity index (χ3v) is 4.83. The van der Waals surface area contributed by atoms with Gasteiger partial charge in [0.1, 0.15) is 11.2 Å². The van der Waals surface area contributed by atoms with Crippen LogP contribution in [0.4, 0.5) is 0 Å². The van der Waals surface area contributed by atoms with Gasteiger partial charge in [0.15, 0.2) is 5.78 Å². The summed E-state index contributed by atoms with van der Waals surface area (Å²) in [6, 6.07) is 15.2. The third-order valence-electron chi connectivity index (χ3n) is 4.83. The van der Waals surface area contributed by atoms with Gasteiger partial charge in [-0.25, -0.2) is 0 Å². The van der Waals surface area contributed by atoms with Crippen LogP contribution in [0.3, 0.4) is 0 Å². The number of Topliss-reactive ketones (excluding diaryl/α,β-unsaturated/α-hetero) is 1. The summed E-state index contributed by atoms with van der Waals surface area (Å²) in [4.78, 5) is 25.9. The van der Waals surface area contributed by atoms with Crippen LogP contribution < -0.4 is 4.74 Å². The smallest absolute Gasteiger partial charge is 0.320 e. The molecule has 0 radical (unpaired) electrons. The molecule has 130 valence electrons. The topological polar surface area (TPSA) is 52.6 Å². The lowest BCUT2D eigenvalue weighted by molar-refractivity contribution is -0.152. The van der Waals surface area contributed by atoms with Crippen LogP contribution in [0.2, 0.25) is 0 Å². The molecule has 0 aromatic heterocycles. The molecule has 4 nitrogen and oxygen atoms in total. The van der Waals surface area contributed by atoms with Crippen molar-refractivity contribution in [2.75, 3.05) is 13.7 Å². The molecule has 1 atom stereocenters. The van der Waals surface area contributed by atoms with E-state index in [1.807, 2.05) is 36.4 Å². The average Bonchev–Trinajstić information content (AvgIpc) is 2.93. The van der Waals surface area contributed by atoms with Crippen molar-refractivity contribution >= 4 is 11.8 Å². The number of hydrogen-bond donors (Lipinski definition) is 0. The first-order chi connectivity index (χ1) is 12.1. The summed E-state index contributed by atoms with van der Waals surface area (Å²) in [5.41, 5.74) is 1.42. The SMILES string of the molecule is CCOC(=O)C1(CCc2ccccc2)Cc2cc(OC)ccc2C1=O. The van der Waals surface area contributed by atoms with Gasteiger partial charge in [0.05, 0.1) is 13.7 Å². The van der Waals surface area contributed by atoms with Gasteiger partial charge in [-0.2, -0.15) is 0 Å². The van der Waals surface area contributed by atoms with E-state index >= 15 is 0 Å². The molecule has 0 saturated heterocycles. The Bertz CT molecular complexity index is 782. The molecule has 1 aliphatic carbocycles. The normalized spacial score (nSPS) is 18.7. The number of esters is 1. The van der Waals surface area contributed by atoms with Crippen molar-refractivity contribution in [3.63, 3.8) is 0 Å². The van der Waals surface area contributed by atoms with Crippen LogP contribution in [0.5, 0.6) is 5.75 Å². The standard InChI is InChI=1S/C21H22O4/c1-3-25-20(23)21(12-11-15-7-5-4-6-8-15)14-16-13-17(24-2)9-10-18(16)19(21)22/h4-10,13H,3,11-12,14H2,1-2H3. The summed E-state index contributed by atoms with van der Waals surface area (Å²) in [5.74, 6) is 0.125. The molecule has 0 heterocycles. The van der Waals surface area contributed by atoms with E-state index in [2.05, 4.69) is 0 Å². The third kappa shape index (κ3) is 3.16. The second-order valence-corrected chi connectivity index (χ2v) is 6.32. The number of fused-ring (bicyclic) bond motifs is 1. The first kappa shape index (κ1) is 17.2. The number of ether oxygens (including phenoxy) is 2. The molecule has 1 aliphatic rings. The van der Waals surface area contributed by atoms with E-state index in [4.69, 9.17) is 9.47 Å². The summed E-state index contributed by atoms with van der Waals surface area (Å²) in [6.07, 6.45) is 1.45. The lowest BCUT2D eigenvalue weighted by Gasteiger charge is -2.25. The van der Waals surface area contributed by atoms with Crippen molar-refractivity contribution in [3.05, 3.63) is 65.2 Å². The number of ketones is 1. The molecule has 4 heteroatoms. The van der Waals surface area contributed by atoms with E-state index in [0.717, 1.165) is 11.1 Å². The van der Waals surface area contributed by atoms with Crippen LogP contribution in [-0.4, -0.2) is 25.5 Å². The number of hydrogen-bond acceptors (Lipinski definition) is 4. The van der Waals surface area contributed by atoms with Crippen LogP contribution in [0.1, 0.15) is 34.8 Å². The fraction of sp³-hybridized carbons (Fsp3) is 0.333. The van der Waals surface area contributed by atoms with Crippen molar-refractivity contribution in [1.82, 2.24) is 0 Å². The van der Waals surface area contributed by atoms with Gasteiger partial charge < -0.3 is 9.47 Å². The van der Waals surface area contributed by atoms with Crippen molar-refractivity contribution in [1.29, 1.82) is 0 Å². The Morgan fingerprint density at radius 1 is 1.16 bits per heavy atom. The molecule has 1 unspecified atom stereocenters. The molecule has 0 fully saturated rings. The number of methoxy groups -OCH3 is 1. The maximum Gasteiger partial charge on any atom is 0.320 e. The van der Waals surface area contributed by atoms with Crippen LogP contribution in [0, 0.1) is 5.41 Å². The quantitative estimate of drug-likeness (QED) is 0.596. The van der Waals surface area contributed by atoms with Crippen LogP contribution >= 0.6 is 0 Å². The molecular weight excluding hydrogens is 316 g/mol. The van der Waals surface area contributed by atoms with E-state index < -0.39 is 11.4 Å². The fourth-order valence-corrected chi connectivity index (χ4v) is 3.47. The molecule has 0 aliphatic heterocycles. The van der Waals surface area contributed by atoms with Gasteiger partial charge in [0, 0.05) is 5.56 Å². The van der Waals surface area contributed by atoms with Gasteiger partial charge >= 0.3 is 5.97 Å². The molecule has 2 aromatic rings. The van der Waals surface area contributed by atoms with E-state index in [9.17, 15) is 9.59 Å². The lowest BCUT2D eigenvalue weighted by atomic mass is 9.78. The second-order valence-electron chi connectivity index (χ2n) is 6.32. The molecular formula is C21H22O4. The van der Waals surface area contributed by atoms with E-state index in [0.29, 0.717) is 30.6 Å². The van der Waals surface area contributed by atoms with E-state index in [1.165, 1.54) is 0 Å². The zero-order valence-electron chi connectivity index (χ0n) is 14.6. The van der Waals surface area contributed by atoms with Crippen molar-refractivity contribution in [2.45, 2.75) is 26.2 Å². The number of benzene rings is 2. The lowest BCUT2D eigenvalue weighted by Crippen LogP contribution is -2.39. The minimum atomic E-state index is -1.14. The molecule has 2 aromatic carbocycles. The first-order valence-corrected chi connectivity index (χ1v) is 8.53. The summed E-state index contributed by atoms with van der Waals surface area (Å²) in [6.45, 7) is 2.03. The minimum Gasteiger partial charge on any atom is -0.497 e. The summed E-state index contributed by atoms with van der Waals surface area (Å²) < 4.78 is 10.5. The highest BCUT2D eigenvalue weighted by Crippen LogP contribution is 2.42. The monoisotopic (exact) mass is 338 g/mol. The number of carbonyl (C=O) groups is 2. The maximum atomic E-state index is 13.1. The molecule has 3 rings (SSSR count). The van der Waals surface area contributed by atoms with Gasteiger partial charge in [0.2, 0.25) is 0 Å². The Balaban J connectivity index is 1.93. The first-order valence-electron chi connectivity index (χ1n) is 8.53. The highest BCUT2D eigenvalue weighted by atomic mass is 16.5. The summed E-state index contributed by atoms with van der Waals surface area (Å²) >= 11 is 0. The van der Waals surface area contributed by atoms with Crippen LogP contribution in [0.25, 0.3) is 0 Å². The Morgan fingerprint density at radius 3 is 2.60 bits per heavy atom. The zero-order chi connectivity index (χ0) is 17.9. The van der Waals surface area contributed by atoms with Crippen molar-refractivity contribution in [3.8, 4) is 5.75 Å². The summed E-state index contributed by atoms with van der Waals surface area (Å²) in [5, 5.41) is 0. The average molecular weight is 338 g/mol. The van der Waals surface area contributed by atoms with E-state index in [1.54, 1.807) is 26.2 Å². The Morgan fingerprint density at radius 2 is 1.92 bits per heavy atom. The number of aryl methyl sites for hydroxylation is 1. The van der Waals surface area contributed by atoms with Gasteiger partial charge in [-0.15, -0.1) is 0 Å². The molecule has 0 amide bonds. The Labute approximate surface area is 147 Å². The molecule has 0 saturated carbocycles. The van der Waals surface area contributed by atoms with Crippen LogP contribution in [-0.2, 0) is 22.4 Å². The highest BCUT2D eigenvalue weighted by molar-refractivity contribution is 6.16. The van der Waals surface area contributed by atoms with Gasteiger partial charge in [-0.1, -0.05) is 30.3 Å². The second kappa shape index (κ2) is 7.09. The van der Waals surface area contributed by atoms with Gasteiger partial charge in [-0.05, 0) is 55.5 Å². The molecule has 0 bridgehead atoms. The van der Waals surface area contributed by atoms with Gasteiger partial charge in [0.25, 0.3) is 0 Å². The predicted octanol–water partition coefficient (Wildman–Crippen LogP) is 3.62. The largest absolute Gasteiger partial charge is 0.497 e. The maximum absolute atomic E-state index is 13.1. The zero-order valence-corrected chi connectivity index (χ0v) is 14.6. The summed E-state index contributed by atoms with van der Waals surface area (Å²) in [7, 11) is 1.59. The van der Waals surface area contributed by atoms with Crippen molar-refractivity contribution < 1.29 is 19.1 Å². The number of rotatable bonds is 6. The minimum absolute atomic E-state index is 0.139. The van der Waals surface area contributed by atoms with Crippen molar-refractivity contribution in [2.24, 2.45) is 5.41 Å². The molecule has 25 heavy (non-hydrogen) atoms. The van der Waals surface area contributed by atoms with E-state index in [-0.39, 0.29) is 12.4 Å². The Kier molecular flexibility index (Phi) is 4.88. The fourth-order valence-electron chi connectivity index (χ4n) is 3.47. The molecule has 0 spiro atoms. The van der Waals surface area contributed by atoms with Gasteiger partial charge in [-0.3, -0.25) is 9.59 Å². The highest BCUT2D eigenvalue weighted by Gasteiger charge is 2.52. The molecule has 0 N–H and O–H groups in total.